The molecular weight excluding hydrogens is 283 g/mol. The summed E-state index contributed by atoms with van der Waals surface area (Å²) in [6.45, 7) is 2.50. The Morgan fingerprint density at radius 2 is 2.00 bits per heavy atom. The van der Waals surface area contributed by atoms with Crippen LogP contribution in [0.5, 0.6) is 0 Å². The van der Waals surface area contributed by atoms with Crippen molar-refractivity contribution < 1.29 is 23.0 Å². The fourth-order valence-corrected chi connectivity index (χ4v) is 2.41. The van der Waals surface area contributed by atoms with E-state index in [1.807, 2.05) is 0 Å². The highest BCUT2D eigenvalue weighted by Gasteiger charge is 2.30. The Hall–Kier alpha value is -1.11. The van der Waals surface area contributed by atoms with Crippen molar-refractivity contribution in [3.8, 4) is 0 Å². The van der Waals surface area contributed by atoms with Crippen molar-refractivity contribution in [2.24, 2.45) is 5.92 Å². The van der Waals surface area contributed by atoms with Gasteiger partial charge >= 0.3 is 6.18 Å². The van der Waals surface area contributed by atoms with Crippen LogP contribution in [0.1, 0.15) is 30.1 Å². The van der Waals surface area contributed by atoms with Gasteiger partial charge in [-0.3, -0.25) is 0 Å². The summed E-state index contributed by atoms with van der Waals surface area (Å²) in [5.74, 6) is 0.507. The lowest BCUT2D eigenvalue weighted by molar-refractivity contribution is -0.137. The third kappa shape index (κ3) is 4.98. The van der Waals surface area contributed by atoms with E-state index in [0.717, 1.165) is 44.7 Å². The fraction of sp³-hybridized carbons (Fsp3) is 0.600. The smallest absolute Gasteiger partial charge is 0.387 e. The third-order valence-electron chi connectivity index (χ3n) is 3.71. The molecule has 0 bridgehead atoms. The Morgan fingerprint density at radius 1 is 1.29 bits per heavy atom. The molecule has 3 nitrogen and oxygen atoms in total. The second-order valence-electron chi connectivity index (χ2n) is 5.35. The summed E-state index contributed by atoms with van der Waals surface area (Å²) < 4.78 is 43.1. The number of hydrogen-bond donors (Lipinski definition) is 2. The van der Waals surface area contributed by atoms with Crippen LogP contribution >= 0.6 is 0 Å². The van der Waals surface area contributed by atoms with Gasteiger partial charge in [0, 0.05) is 19.8 Å². The van der Waals surface area contributed by atoms with E-state index in [2.05, 4.69) is 5.32 Å². The summed E-state index contributed by atoms with van der Waals surface area (Å²) in [5.41, 5.74) is -0.451. The van der Waals surface area contributed by atoms with Crippen molar-refractivity contribution in [2.75, 3.05) is 26.3 Å². The zero-order valence-electron chi connectivity index (χ0n) is 11.7. The molecule has 1 atom stereocenters. The Bertz CT molecular complexity index is 445. The molecule has 0 spiro atoms. The van der Waals surface area contributed by atoms with Crippen molar-refractivity contribution in [1.82, 2.24) is 5.32 Å². The molecule has 6 heteroatoms. The highest BCUT2D eigenvalue weighted by molar-refractivity contribution is 5.27. The molecule has 1 aliphatic heterocycles. The van der Waals surface area contributed by atoms with E-state index >= 15 is 0 Å². The summed E-state index contributed by atoms with van der Waals surface area (Å²) in [4.78, 5) is 0. The minimum absolute atomic E-state index is 0.249. The number of benzene rings is 1. The van der Waals surface area contributed by atoms with Gasteiger partial charge in [-0.25, -0.2) is 0 Å². The summed E-state index contributed by atoms with van der Waals surface area (Å²) in [7, 11) is 0. The van der Waals surface area contributed by atoms with Gasteiger partial charge in [-0.2, -0.15) is 13.2 Å². The zero-order valence-corrected chi connectivity index (χ0v) is 11.7. The highest BCUT2D eigenvalue weighted by Crippen LogP contribution is 2.30. The van der Waals surface area contributed by atoms with E-state index in [9.17, 15) is 18.3 Å². The second kappa shape index (κ2) is 7.24. The van der Waals surface area contributed by atoms with Crippen LogP contribution < -0.4 is 5.32 Å². The molecule has 0 amide bonds. The molecule has 1 aromatic rings. The van der Waals surface area contributed by atoms with Gasteiger partial charge in [-0.15, -0.1) is 0 Å². The maximum atomic E-state index is 12.6. The summed E-state index contributed by atoms with van der Waals surface area (Å²) in [6.07, 6.45) is -3.36. The first-order chi connectivity index (χ1) is 9.97. The van der Waals surface area contributed by atoms with E-state index in [1.165, 1.54) is 12.1 Å². The Labute approximate surface area is 122 Å². The number of aliphatic hydroxyl groups is 1. The lowest BCUT2D eigenvalue weighted by Crippen LogP contribution is -2.30. The number of ether oxygens (including phenoxy) is 1. The van der Waals surface area contributed by atoms with Crippen molar-refractivity contribution in [3.05, 3.63) is 35.4 Å². The maximum Gasteiger partial charge on any atom is 0.416 e. The first-order valence-corrected chi connectivity index (χ1v) is 7.10. The van der Waals surface area contributed by atoms with Crippen LogP contribution in [0.2, 0.25) is 0 Å². The third-order valence-corrected chi connectivity index (χ3v) is 3.71. The number of rotatable bonds is 5. The second-order valence-corrected chi connectivity index (χ2v) is 5.35. The molecule has 118 valence electrons. The minimum atomic E-state index is -4.38. The van der Waals surface area contributed by atoms with Gasteiger partial charge in [-0.1, -0.05) is 12.1 Å². The van der Waals surface area contributed by atoms with Crippen LogP contribution in [0, 0.1) is 5.92 Å². The molecule has 1 aromatic carbocycles. The van der Waals surface area contributed by atoms with Crippen LogP contribution in [0.15, 0.2) is 24.3 Å². The number of nitrogens with one attached hydrogen (secondary N) is 1. The molecule has 21 heavy (non-hydrogen) atoms. The number of alkyl halides is 3. The van der Waals surface area contributed by atoms with E-state index in [0.29, 0.717) is 5.92 Å². The Kier molecular flexibility index (Phi) is 5.61. The van der Waals surface area contributed by atoms with Gasteiger partial charge in [0.15, 0.2) is 0 Å². The highest BCUT2D eigenvalue weighted by atomic mass is 19.4. The van der Waals surface area contributed by atoms with Crippen molar-refractivity contribution >= 4 is 0 Å². The molecule has 1 saturated heterocycles. The molecule has 0 saturated carbocycles. The first-order valence-electron chi connectivity index (χ1n) is 7.10. The Balaban J connectivity index is 1.83. The first kappa shape index (κ1) is 16.3. The van der Waals surface area contributed by atoms with Crippen molar-refractivity contribution in [1.29, 1.82) is 0 Å². The molecule has 1 heterocycles. The predicted molar refractivity (Wildman–Crippen MR) is 72.8 cm³/mol. The summed E-state index contributed by atoms with van der Waals surface area (Å²) in [6, 6.07) is 4.84. The SMILES string of the molecule is OC(CNCC1CCOCC1)c1cccc(C(F)(F)F)c1. The monoisotopic (exact) mass is 303 g/mol. The molecular formula is C15H20F3NO2. The van der Waals surface area contributed by atoms with Crippen LogP contribution in [-0.4, -0.2) is 31.4 Å². The quantitative estimate of drug-likeness (QED) is 0.879. The average Bonchev–Trinajstić information content (AvgIpc) is 2.47. The van der Waals surface area contributed by atoms with Crippen LogP contribution in [0.25, 0.3) is 0 Å². The van der Waals surface area contributed by atoms with Crippen molar-refractivity contribution in [3.63, 3.8) is 0 Å². The van der Waals surface area contributed by atoms with E-state index < -0.39 is 17.8 Å². The standard InChI is InChI=1S/C15H20F3NO2/c16-15(17,18)13-3-1-2-12(8-13)14(20)10-19-9-11-4-6-21-7-5-11/h1-3,8,11,14,19-20H,4-7,9-10H2. The number of aliphatic hydroxyl groups excluding tert-OH is 1. The van der Waals surface area contributed by atoms with Crippen LogP contribution in [-0.2, 0) is 10.9 Å². The minimum Gasteiger partial charge on any atom is -0.387 e. The molecule has 1 unspecified atom stereocenters. The lowest BCUT2D eigenvalue weighted by atomic mass is 10.00. The molecule has 1 fully saturated rings. The topological polar surface area (TPSA) is 41.5 Å². The maximum absolute atomic E-state index is 12.6. The van der Waals surface area contributed by atoms with Crippen molar-refractivity contribution in [2.45, 2.75) is 25.1 Å². The van der Waals surface area contributed by atoms with Crippen LogP contribution in [0.3, 0.4) is 0 Å². The van der Waals surface area contributed by atoms with Gasteiger partial charge < -0.3 is 15.2 Å². The number of hydrogen-bond acceptors (Lipinski definition) is 3. The predicted octanol–water partition coefficient (Wildman–Crippen LogP) is 2.76. The van der Waals surface area contributed by atoms with Crippen LogP contribution in [0.4, 0.5) is 13.2 Å². The normalized spacial score (nSPS) is 18.7. The largest absolute Gasteiger partial charge is 0.416 e. The molecule has 0 aliphatic carbocycles. The summed E-state index contributed by atoms with van der Waals surface area (Å²) >= 11 is 0. The average molecular weight is 303 g/mol. The molecule has 0 aromatic heterocycles. The Morgan fingerprint density at radius 3 is 2.67 bits per heavy atom. The van der Waals surface area contributed by atoms with Gasteiger partial charge in [0.1, 0.15) is 0 Å². The van der Waals surface area contributed by atoms with Gasteiger partial charge in [-0.05, 0) is 43.0 Å². The zero-order chi connectivity index (χ0) is 15.3. The van der Waals surface area contributed by atoms with E-state index in [-0.39, 0.29) is 12.1 Å². The summed E-state index contributed by atoms with van der Waals surface area (Å²) in [5, 5.41) is 13.1. The molecule has 2 rings (SSSR count). The molecule has 0 radical (unpaired) electrons. The molecule has 2 N–H and O–H groups in total. The number of halogens is 3. The van der Waals surface area contributed by atoms with Gasteiger partial charge in [0.25, 0.3) is 0 Å². The van der Waals surface area contributed by atoms with E-state index in [4.69, 9.17) is 4.74 Å². The van der Waals surface area contributed by atoms with E-state index in [1.54, 1.807) is 0 Å². The molecule has 1 aliphatic rings. The fourth-order valence-electron chi connectivity index (χ4n) is 2.41. The van der Waals surface area contributed by atoms with Gasteiger partial charge in [0.2, 0.25) is 0 Å². The van der Waals surface area contributed by atoms with Gasteiger partial charge in [0.05, 0.1) is 11.7 Å². The lowest BCUT2D eigenvalue weighted by Gasteiger charge is -2.23.